The van der Waals surface area contributed by atoms with Crippen LogP contribution in [0.15, 0.2) is 35.1 Å². The van der Waals surface area contributed by atoms with Crippen LogP contribution in [0.4, 0.5) is 4.39 Å². The molecule has 4 N–H and O–H groups in total. The lowest BCUT2D eigenvalue weighted by Crippen LogP contribution is -2.51. The molecule has 5 heterocycles. The number of carbonyl (C=O) groups excluding carboxylic acids is 6. The van der Waals surface area contributed by atoms with E-state index in [1.165, 1.54) is 22.8 Å². The molecule has 3 aromatic rings. The van der Waals surface area contributed by atoms with Crippen LogP contribution in [-0.4, -0.2) is 87.5 Å². The Hall–Kier alpha value is -5.81. The maximum absolute atomic E-state index is 14.7. The van der Waals surface area contributed by atoms with Crippen molar-refractivity contribution in [1.29, 1.82) is 0 Å². The third kappa shape index (κ3) is 9.15. The van der Waals surface area contributed by atoms with Crippen LogP contribution in [0, 0.1) is 18.7 Å². The average Bonchev–Trinajstić information content (AvgIpc) is 3.72. The van der Waals surface area contributed by atoms with E-state index in [1.54, 1.807) is 32.9 Å². The van der Waals surface area contributed by atoms with E-state index >= 15 is 0 Å². The third-order valence-corrected chi connectivity index (χ3v) is 10.6. The SMILES string of the molecule is Cc1cc2c(CCCCOCNC(=O)CNC(=O)C(NC(=O)CCCCCN3C(=O)C=CC3=O)C(C)C)c3c(nc2cc1F)-c1cc2c(c(=O)n1C3)COC(=O)C2O. The number of unbranched alkanes of at least 4 members (excludes halogenated alkanes) is 3. The molecule has 0 bridgehead atoms. The normalized spacial score (nSPS) is 16.0. The van der Waals surface area contributed by atoms with Gasteiger partial charge in [-0.3, -0.25) is 33.7 Å². The molecule has 6 rings (SSSR count). The minimum atomic E-state index is -1.59. The lowest BCUT2D eigenvalue weighted by Gasteiger charge is -2.21. The van der Waals surface area contributed by atoms with Gasteiger partial charge in [-0.2, -0.15) is 0 Å². The predicted molar refractivity (Wildman–Crippen MR) is 206 cm³/mol. The van der Waals surface area contributed by atoms with Crippen LogP contribution in [0.25, 0.3) is 22.3 Å². The van der Waals surface area contributed by atoms with Gasteiger partial charge in [-0.25, -0.2) is 14.2 Å². The predicted octanol–water partition coefficient (Wildman–Crippen LogP) is 2.12. The largest absolute Gasteiger partial charge is 0.458 e. The molecule has 2 aromatic heterocycles. The zero-order valence-corrected chi connectivity index (χ0v) is 32.7. The molecule has 3 aliphatic heterocycles. The van der Waals surface area contributed by atoms with Gasteiger partial charge in [-0.05, 0) is 68.2 Å². The van der Waals surface area contributed by atoms with E-state index in [-0.39, 0.29) is 79.7 Å². The lowest BCUT2D eigenvalue weighted by atomic mass is 9.94. The first-order valence-corrected chi connectivity index (χ1v) is 19.4. The van der Waals surface area contributed by atoms with Crippen molar-refractivity contribution in [2.24, 2.45) is 5.92 Å². The van der Waals surface area contributed by atoms with Gasteiger partial charge in [0, 0.05) is 54.3 Å². The van der Waals surface area contributed by atoms with Crippen molar-refractivity contribution in [3.8, 4) is 11.4 Å². The summed E-state index contributed by atoms with van der Waals surface area (Å²) in [6, 6.07) is 3.85. The smallest absolute Gasteiger partial charge is 0.340 e. The number of hydrogen-bond acceptors (Lipinski definition) is 11. The molecule has 0 spiro atoms. The molecule has 58 heavy (non-hydrogen) atoms. The third-order valence-electron chi connectivity index (χ3n) is 10.6. The summed E-state index contributed by atoms with van der Waals surface area (Å²) < 4.78 is 26.9. The number of cyclic esters (lactones) is 1. The van der Waals surface area contributed by atoms with E-state index in [0.29, 0.717) is 67.6 Å². The quantitative estimate of drug-likeness (QED) is 0.0495. The van der Waals surface area contributed by atoms with E-state index in [9.17, 15) is 43.1 Å². The standard InChI is InChI=1S/C41H47FN6O10/c1-22(2)36(46-32(49)10-5-4-7-13-47-34(51)11-12-35(47)52)39(54)43-18-33(50)44-21-57-14-8-6-9-24-25-15-23(3)29(42)17-30(25)45-37-27(24)19-48-31(37)16-26-28(40(48)55)20-58-41(56)38(26)53/h11-12,15-17,22,36,38,53H,4-10,13-14,18-21H2,1-3H3,(H,43,54)(H,44,50)(H,46,49). The summed E-state index contributed by atoms with van der Waals surface area (Å²) in [6.45, 7) is 5.38. The van der Waals surface area contributed by atoms with E-state index in [2.05, 4.69) is 16.0 Å². The number of pyridine rings is 2. The molecule has 16 nitrogen and oxygen atoms in total. The van der Waals surface area contributed by atoms with Crippen molar-refractivity contribution in [2.45, 2.75) is 91.0 Å². The van der Waals surface area contributed by atoms with Gasteiger partial charge in [-0.1, -0.05) is 20.3 Å². The minimum Gasteiger partial charge on any atom is -0.458 e. The molecule has 0 saturated carbocycles. The Bertz CT molecular complexity index is 2230. The van der Waals surface area contributed by atoms with Crippen molar-refractivity contribution < 1.29 is 47.7 Å². The second-order valence-corrected chi connectivity index (χ2v) is 15.0. The highest BCUT2D eigenvalue weighted by Gasteiger charge is 2.35. The van der Waals surface area contributed by atoms with Gasteiger partial charge < -0.3 is 35.1 Å². The Morgan fingerprint density at radius 2 is 1.74 bits per heavy atom. The van der Waals surface area contributed by atoms with Crippen LogP contribution < -0.4 is 21.5 Å². The number of ether oxygens (including phenoxy) is 2. The second kappa shape index (κ2) is 18.2. The number of benzene rings is 1. The molecule has 0 saturated heterocycles. The number of amides is 5. The number of rotatable bonds is 18. The first-order chi connectivity index (χ1) is 27.7. The van der Waals surface area contributed by atoms with Gasteiger partial charge >= 0.3 is 5.97 Å². The first kappa shape index (κ1) is 41.8. The van der Waals surface area contributed by atoms with Crippen LogP contribution >= 0.6 is 0 Å². The van der Waals surface area contributed by atoms with E-state index in [1.807, 2.05) is 0 Å². The fourth-order valence-corrected chi connectivity index (χ4v) is 7.34. The molecule has 2 unspecified atom stereocenters. The summed E-state index contributed by atoms with van der Waals surface area (Å²) in [6.07, 6.45) is 4.53. The minimum absolute atomic E-state index is 0.0946. The number of halogens is 1. The number of aromatic nitrogens is 2. The highest BCUT2D eigenvalue weighted by atomic mass is 19.1. The molecule has 308 valence electrons. The summed E-state index contributed by atoms with van der Waals surface area (Å²) in [5.74, 6) is -3.47. The van der Waals surface area contributed by atoms with Gasteiger partial charge in [0.05, 0.1) is 35.6 Å². The maximum Gasteiger partial charge on any atom is 0.340 e. The van der Waals surface area contributed by atoms with Crippen LogP contribution in [0.3, 0.4) is 0 Å². The molecular weight excluding hydrogens is 755 g/mol. The lowest BCUT2D eigenvalue weighted by molar-refractivity contribution is -0.157. The zero-order chi connectivity index (χ0) is 41.7. The number of fused-ring (bicyclic) bond motifs is 5. The first-order valence-electron chi connectivity index (χ1n) is 19.4. The number of esters is 1. The van der Waals surface area contributed by atoms with Gasteiger partial charge in [0.1, 0.15) is 25.2 Å². The summed E-state index contributed by atoms with van der Waals surface area (Å²) >= 11 is 0. The highest BCUT2D eigenvalue weighted by molar-refractivity contribution is 6.12. The van der Waals surface area contributed by atoms with E-state index < -0.39 is 35.7 Å². The van der Waals surface area contributed by atoms with Crippen molar-refractivity contribution in [3.63, 3.8) is 0 Å². The van der Waals surface area contributed by atoms with Crippen molar-refractivity contribution >= 4 is 46.4 Å². The van der Waals surface area contributed by atoms with Crippen LogP contribution in [0.1, 0.15) is 86.3 Å². The number of carbonyl (C=O) groups is 6. The Morgan fingerprint density at radius 1 is 0.983 bits per heavy atom. The molecule has 17 heteroatoms. The molecule has 5 amide bonds. The molecule has 0 radical (unpaired) electrons. The monoisotopic (exact) mass is 802 g/mol. The van der Waals surface area contributed by atoms with Crippen LogP contribution in [-0.2, 0) is 57.8 Å². The van der Waals surface area contributed by atoms with E-state index in [0.717, 1.165) is 21.4 Å². The Balaban J connectivity index is 0.942. The Labute approximate surface area is 333 Å². The summed E-state index contributed by atoms with van der Waals surface area (Å²) in [5, 5.41) is 19.1. The molecule has 0 fully saturated rings. The molecule has 0 aliphatic carbocycles. The van der Waals surface area contributed by atoms with Gasteiger partial charge in [0.2, 0.25) is 17.7 Å². The number of imide groups is 1. The van der Waals surface area contributed by atoms with Gasteiger partial charge in [-0.15, -0.1) is 0 Å². The number of nitrogens with zero attached hydrogens (tertiary/aromatic N) is 3. The number of aryl methyl sites for hydroxylation is 2. The topological polar surface area (TPSA) is 215 Å². The van der Waals surface area contributed by atoms with Crippen molar-refractivity contribution in [1.82, 2.24) is 30.4 Å². The Morgan fingerprint density at radius 3 is 2.48 bits per heavy atom. The average molecular weight is 803 g/mol. The van der Waals surface area contributed by atoms with Crippen molar-refractivity contribution in [3.05, 3.63) is 74.3 Å². The number of hydrogen-bond donors (Lipinski definition) is 4. The molecule has 3 aliphatic rings. The van der Waals surface area contributed by atoms with E-state index in [4.69, 9.17) is 14.5 Å². The number of aliphatic hydroxyl groups excluding tert-OH is 1. The number of nitrogens with one attached hydrogen (secondary N) is 3. The fraction of sp³-hybridized carbons (Fsp3) is 0.463. The molecular formula is C41H47FN6O10. The molecule has 1 aromatic carbocycles. The maximum atomic E-state index is 14.7. The number of aliphatic hydroxyl groups is 1. The van der Waals surface area contributed by atoms with Gasteiger partial charge in [0.25, 0.3) is 17.4 Å². The summed E-state index contributed by atoms with van der Waals surface area (Å²) in [5.41, 5.74) is 3.50. The van der Waals surface area contributed by atoms with Gasteiger partial charge in [0.15, 0.2) is 6.10 Å². The highest BCUT2D eigenvalue weighted by Crippen LogP contribution is 2.39. The second-order valence-electron chi connectivity index (χ2n) is 15.0. The van der Waals surface area contributed by atoms with Crippen molar-refractivity contribution in [2.75, 3.05) is 26.4 Å². The Kier molecular flexibility index (Phi) is 13.1. The van der Waals surface area contributed by atoms with Crippen LogP contribution in [0.5, 0.6) is 0 Å². The molecule has 2 atom stereocenters. The summed E-state index contributed by atoms with van der Waals surface area (Å²) in [7, 11) is 0. The summed E-state index contributed by atoms with van der Waals surface area (Å²) in [4.78, 5) is 92.6. The zero-order valence-electron chi connectivity index (χ0n) is 32.7. The fourth-order valence-electron chi connectivity index (χ4n) is 7.34. The van der Waals surface area contributed by atoms with Crippen LogP contribution in [0.2, 0.25) is 0 Å².